The van der Waals surface area contributed by atoms with Gasteiger partial charge in [0.1, 0.15) is 0 Å². The summed E-state index contributed by atoms with van der Waals surface area (Å²) in [6.07, 6.45) is 9.98. The van der Waals surface area contributed by atoms with E-state index in [2.05, 4.69) is 49.7 Å². The molecule has 1 fully saturated rings. The second kappa shape index (κ2) is 7.11. The second-order valence-electron chi connectivity index (χ2n) is 6.72. The summed E-state index contributed by atoms with van der Waals surface area (Å²) in [4.78, 5) is 0.531. The molecule has 112 valence electrons. The molecule has 20 heavy (non-hydrogen) atoms. The van der Waals surface area contributed by atoms with Crippen LogP contribution in [-0.4, -0.2) is 0 Å². The summed E-state index contributed by atoms with van der Waals surface area (Å²) in [5.74, 6) is 0.982. The molecular formula is C19H29Br. The van der Waals surface area contributed by atoms with E-state index in [1.165, 1.54) is 67.2 Å². The van der Waals surface area contributed by atoms with Crippen LogP contribution in [0.2, 0.25) is 0 Å². The summed E-state index contributed by atoms with van der Waals surface area (Å²) >= 11 is 3.98. The molecule has 0 N–H and O–H groups in total. The average molecular weight is 337 g/mol. The van der Waals surface area contributed by atoms with Crippen LogP contribution in [0.25, 0.3) is 0 Å². The standard InChI is InChI=1S/C19H29Br/c1-13-12-14(2)16(4)19(15(13)3)18(20)11-10-17-8-6-5-7-9-17/h12,17-18H,5-11H2,1-4H3. The first-order valence-electron chi connectivity index (χ1n) is 8.22. The number of hydrogen-bond acceptors (Lipinski definition) is 0. The highest BCUT2D eigenvalue weighted by molar-refractivity contribution is 9.09. The van der Waals surface area contributed by atoms with Crippen LogP contribution in [0.5, 0.6) is 0 Å². The summed E-state index contributed by atoms with van der Waals surface area (Å²) in [7, 11) is 0. The molecule has 0 aliphatic heterocycles. The number of hydrogen-bond donors (Lipinski definition) is 0. The molecule has 1 aliphatic carbocycles. The van der Waals surface area contributed by atoms with Crippen molar-refractivity contribution in [1.29, 1.82) is 0 Å². The van der Waals surface area contributed by atoms with Crippen molar-refractivity contribution in [3.05, 3.63) is 33.9 Å². The van der Waals surface area contributed by atoms with Gasteiger partial charge in [0.05, 0.1) is 0 Å². The van der Waals surface area contributed by atoms with Crippen LogP contribution >= 0.6 is 15.9 Å². The van der Waals surface area contributed by atoms with E-state index in [-0.39, 0.29) is 0 Å². The minimum atomic E-state index is 0.531. The molecule has 1 saturated carbocycles. The lowest BCUT2D eigenvalue weighted by atomic mass is 9.84. The van der Waals surface area contributed by atoms with Gasteiger partial charge in [0.15, 0.2) is 0 Å². The Bertz CT molecular complexity index is 429. The average Bonchev–Trinajstić information content (AvgIpc) is 2.44. The molecule has 1 aromatic rings. The van der Waals surface area contributed by atoms with Gasteiger partial charge in [-0.25, -0.2) is 0 Å². The van der Waals surface area contributed by atoms with Gasteiger partial charge in [0.25, 0.3) is 0 Å². The smallest absolute Gasteiger partial charge is 0.0400 e. The lowest BCUT2D eigenvalue weighted by Crippen LogP contribution is -2.08. The zero-order chi connectivity index (χ0) is 14.7. The predicted octanol–water partition coefficient (Wildman–Crippen LogP) is 6.72. The van der Waals surface area contributed by atoms with Gasteiger partial charge >= 0.3 is 0 Å². The quantitative estimate of drug-likeness (QED) is 0.535. The summed E-state index contributed by atoms with van der Waals surface area (Å²) in [6.45, 7) is 9.05. The third-order valence-corrected chi connectivity index (χ3v) is 6.21. The van der Waals surface area contributed by atoms with E-state index < -0.39 is 0 Å². The molecule has 0 amide bonds. The van der Waals surface area contributed by atoms with Crippen LogP contribution in [0.1, 0.15) is 77.6 Å². The maximum absolute atomic E-state index is 3.98. The third-order valence-electron chi connectivity index (χ3n) is 5.29. The Kier molecular flexibility index (Phi) is 5.72. The van der Waals surface area contributed by atoms with Crippen molar-refractivity contribution in [2.75, 3.05) is 0 Å². The van der Waals surface area contributed by atoms with E-state index in [9.17, 15) is 0 Å². The molecule has 1 aliphatic rings. The van der Waals surface area contributed by atoms with Crippen LogP contribution in [-0.2, 0) is 0 Å². The van der Waals surface area contributed by atoms with Gasteiger partial charge in [-0.2, -0.15) is 0 Å². The molecule has 1 heteroatoms. The van der Waals surface area contributed by atoms with Crippen LogP contribution in [0.3, 0.4) is 0 Å². The molecular weight excluding hydrogens is 308 g/mol. The fourth-order valence-electron chi connectivity index (χ4n) is 3.72. The van der Waals surface area contributed by atoms with E-state index in [4.69, 9.17) is 0 Å². The van der Waals surface area contributed by atoms with Crippen molar-refractivity contribution in [2.45, 2.75) is 77.5 Å². The Hall–Kier alpha value is -0.300. The summed E-state index contributed by atoms with van der Waals surface area (Å²) in [6, 6.07) is 2.33. The van der Waals surface area contributed by atoms with Gasteiger partial charge in [0.2, 0.25) is 0 Å². The van der Waals surface area contributed by atoms with Crippen molar-refractivity contribution in [3.63, 3.8) is 0 Å². The first kappa shape index (κ1) is 16.1. The lowest BCUT2D eigenvalue weighted by molar-refractivity contribution is 0.332. The highest BCUT2D eigenvalue weighted by Gasteiger charge is 2.19. The van der Waals surface area contributed by atoms with E-state index in [1.807, 2.05) is 0 Å². The number of benzene rings is 1. The topological polar surface area (TPSA) is 0 Å². The molecule has 0 heterocycles. The minimum absolute atomic E-state index is 0.531. The molecule has 0 saturated heterocycles. The van der Waals surface area contributed by atoms with E-state index in [0.29, 0.717) is 4.83 Å². The third kappa shape index (κ3) is 3.67. The van der Waals surface area contributed by atoms with Gasteiger partial charge in [-0.15, -0.1) is 0 Å². The van der Waals surface area contributed by atoms with Gasteiger partial charge in [0, 0.05) is 4.83 Å². The highest BCUT2D eigenvalue weighted by Crippen LogP contribution is 2.38. The van der Waals surface area contributed by atoms with Crippen molar-refractivity contribution < 1.29 is 0 Å². The Morgan fingerprint density at radius 2 is 1.55 bits per heavy atom. The summed E-state index contributed by atoms with van der Waals surface area (Å²) in [5, 5.41) is 0. The summed E-state index contributed by atoms with van der Waals surface area (Å²) < 4.78 is 0. The fraction of sp³-hybridized carbons (Fsp3) is 0.684. The van der Waals surface area contributed by atoms with Crippen molar-refractivity contribution >= 4 is 15.9 Å². The largest absolute Gasteiger partial charge is 0.0839 e. The summed E-state index contributed by atoms with van der Waals surface area (Å²) in [5.41, 5.74) is 7.39. The first-order chi connectivity index (χ1) is 9.50. The van der Waals surface area contributed by atoms with E-state index in [0.717, 1.165) is 5.92 Å². The molecule has 1 atom stereocenters. The van der Waals surface area contributed by atoms with Gasteiger partial charge in [-0.05, 0) is 74.3 Å². The number of alkyl halides is 1. The number of halogens is 1. The van der Waals surface area contributed by atoms with Crippen LogP contribution in [0, 0.1) is 33.6 Å². The zero-order valence-electron chi connectivity index (χ0n) is 13.6. The normalized spacial score (nSPS) is 18.2. The predicted molar refractivity (Wildman–Crippen MR) is 92.9 cm³/mol. The Morgan fingerprint density at radius 3 is 2.10 bits per heavy atom. The van der Waals surface area contributed by atoms with Gasteiger partial charge in [-0.3, -0.25) is 0 Å². The zero-order valence-corrected chi connectivity index (χ0v) is 15.1. The molecule has 1 aromatic carbocycles. The molecule has 0 spiro atoms. The van der Waals surface area contributed by atoms with Crippen molar-refractivity contribution in [1.82, 2.24) is 0 Å². The Balaban J connectivity index is 2.06. The molecule has 0 nitrogen and oxygen atoms in total. The fourth-order valence-corrected chi connectivity index (χ4v) is 4.67. The molecule has 0 aromatic heterocycles. The van der Waals surface area contributed by atoms with Crippen molar-refractivity contribution in [2.24, 2.45) is 5.92 Å². The Morgan fingerprint density at radius 1 is 1.00 bits per heavy atom. The van der Waals surface area contributed by atoms with Gasteiger partial charge < -0.3 is 0 Å². The van der Waals surface area contributed by atoms with Gasteiger partial charge in [-0.1, -0.05) is 54.1 Å². The maximum atomic E-state index is 3.98. The Labute approximate surface area is 133 Å². The maximum Gasteiger partial charge on any atom is 0.0400 e. The molecule has 0 bridgehead atoms. The van der Waals surface area contributed by atoms with Crippen LogP contribution < -0.4 is 0 Å². The van der Waals surface area contributed by atoms with Crippen molar-refractivity contribution in [3.8, 4) is 0 Å². The SMILES string of the molecule is Cc1cc(C)c(C)c(C(Br)CCC2CCCCC2)c1C. The lowest BCUT2D eigenvalue weighted by Gasteiger charge is -2.24. The van der Waals surface area contributed by atoms with E-state index >= 15 is 0 Å². The highest BCUT2D eigenvalue weighted by atomic mass is 79.9. The molecule has 1 unspecified atom stereocenters. The number of rotatable bonds is 4. The first-order valence-corrected chi connectivity index (χ1v) is 9.13. The minimum Gasteiger partial charge on any atom is -0.0839 e. The molecule has 0 radical (unpaired) electrons. The second-order valence-corrected chi connectivity index (χ2v) is 7.83. The van der Waals surface area contributed by atoms with E-state index in [1.54, 1.807) is 5.56 Å². The number of aryl methyl sites for hydroxylation is 2. The molecule has 2 rings (SSSR count). The van der Waals surface area contributed by atoms with Crippen LogP contribution in [0.15, 0.2) is 6.07 Å². The van der Waals surface area contributed by atoms with Crippen LogP contribution in [0.4, 0.5) is 0 Å². The monoisotopic (exact) mass is 336 g/mol.